The van der Waals surface area contributed by atoms with E-state index in [0.717, 1.165) is 23.7 Å². The average Bonchev–Trinajstić information content (AvgIpc) is 3.38. The Morgan fingerprint density at radius 1 is 1.16 bits per heavy atom. The van der Waals surface area contributed by atoms with Gasteiger partial charge in [0, 0.05) is 24.5 Å². The summed E-state index contributed by atoms with van der Waals surface area (Å²) in [7, 11) is 1.82. The van der Waals surface area contributed by atoms with Crippen molar-refractivity contribution in [3.05, 3.63) is 48.2 Å². The molecule has 0 spiro atoms. The zero-order valence-electron chi connectivity index (χ0n) is 17.5. The molecular weight excluding hydrogens is 396 g/mol. The Kier molecular flexibility index (Phi) is 6.06. The number of carbonyl (C=O) groups is 2. The smallest absolute Gasteiger partial charge is 0.252 e. The molecule has 3 aromatic rings. The predicted molar refractivity (Wildman–Crippen MR) is 116 cm³/mol. The van der Waals surface area contributed by atoms with Crippen LogP contribution >= 0.6 is 0 Å². The predicted octanol–water partition coefficient (Wildman–Crippen LogP) is 3.29. The molecule has 2 amide bonds. The molecule has 4 rings (SSSR count). The van der Waals surface area contributed by atoms with Crippen LogP contribution < -0.4 is 20.5 Å². The molecule has 0 radical (unpaired) electrons. The van der Waals surface area contributed by atoms with E-state index in [-0.39, 0.29) is 11.5 Å². The van der Waals surface area contributed by atoms with Gasteiger partial charge < -0.3 is 20.5 Å². The highest BCUT2D eigenvalue weighted by atomic mass is 16.5. The third-order valence-corrected chi connectivity index (χ3v) is 5.48. The first-order chi connectivity index (χ1) is 15.0. The molecule has 8 heteroatoms. The summed E-state index contributed by atoms with van der Waals surface area (Å²) in [6.07, 6.45) is 6.50. The van der Waals surface area contributed by atoms with Crippen molar-refractivity contribution in [2.75, 3.05) is 6.61 Å². The summed E-state index contributed by atoms with van der Waals surface area (Å²) in [5.41, 5.74) is 6.64. The van der Waals surface area contributed by atoms with Gasteiger partial charge >= 0.3 is 0 Å². The van der Waals surface area contributed by atoms with Crippen LogP contribution in [0.15, 0.2) is 42.6 Å². The SMILES string of the molecule is Cn1ncc2cc(C(N)=O)c(Oc3ccc(OCCC(=O)NC4CCCC4)cc3)cc21. The molecule has 3 N–H and O–H groups in total. The average molecular weight is 422 g/mol. The third kappa shape index (κ3) is 4.96. The molecule has 0 atom stereocenters. The number of nitrogens with two attached hydrogens (primary N) is 1. The molecule has 1 saturated carbocycles. The summed E-state index contributed by atoms with van der Waals surface area (Å²) in [6.45, 7) is 0.307. The molecule has 2 aromatic carbocycles. The van der Waals surface area contributed by atoms with Gasteiger partial charge in [-0.25, -0.2) is 0 Å². The topological polar surface area (TPSA) is 108 Å². The fourth-order valence-corrected chi connectivity index (χ4v) is 3.82. The third-order valence-electron chi connectivity index (χ3n) is 5.48. The minimum Gasteiger partial charge on any atom is -0.493 e. The molecule has 0 unspecified atom stereocenters. The van der Waals surface area contributed by atoms with E-state index in [1.54, 1.807) is 47.3 Å². The number of primary amides is 1. The maximum absolute atomic E-state index is 12.0. The van der Waals surface area contributed by atoms with Crippen LogP contribution in [0.3, 0.4) is 0 Å². The van der Waals surface area contributed by atoms with Crippen molar-refractivity contribution in [2.24, 2.45) is 12.8 Å². The van der Waals surface area contributed by atoms with E-state index in [0.29, 0.717) is 36.3 Å². The lowest BCUT2D eigenvalue weighted by Crippen LogP contribution is -2.33. The van der Waals surface area contributed by atoms with E-state index >= 15 is 0 Å². The fraction of sp³-hybridized carbons (Fsp3) is 0.348. The highest BCUT2D eigenvalue weighted by molar-refractivity contribution is 6.00. The standard InChI is InChI=1S/C23H26N4O4/c1-27-20-13-21(19(23(24)29)12-15(20)14-25-27)31-18-8-6-17(7-9-18)30-11-10-22(28)26-16-4-2-3-5-16/h6-9,12-14,16H,2-5,10-11H2,1H3,(H2,24,29)(H,26,28). The van der Waals surface area contributed by atoms with E-state index in [9.17, 15) is 9.59 Å². The van der Waals surface area contributed by atoms with E-state index in [2.05, 4.69) is 10.4 Å². The molecule has 1 aromatic heterocycles. The second-order valence-corrected chi connectivity index (χ2v) is 7.76. The summed E-state index contributed by atoms with van der Waals surface area (Å²) < 4.78 is 13.3. The monoisotopic (exact) mass is 422 g/mol. The number of carbonyl (C=O) groups excluding carboxylic acids is 2. The van der Waals surface area contributed by atoms with Crippen LogP contribution in [-0.4, -0.2) is 34.2 Å². The Bertz CT molecular complexity index is 1080. The lowest BCUT2D eigenvalue weighted by atomic mass is 10.1. The van der Waals surface area contributed by atoms with Gasteiger partial charge in [0.25, 0.3) is 5.91 Å². The highest BCUT2D eigenvalue weighted by Gasteiger charge is 2.17. The van der Waals surface area contributed by atoms with Crippen molar-refractivity contribution in [1.29, 1.82) is 0 Å². The number of nitrogens with zero attached hydrogens (tertiary/aromatic N) is 2. The second kappa shape index (κ2) is 9.07. The zero-order chi connectivity index (χ0) is 21.8. The number of fused-ring (bicyclic) bond motifs is 1. The van der Waals surface area contributed by atoms with Gasteiger partial charge in [0.05, 0.1) is 30.3 Å². The number of amides is 2. The minimum absolute atomic E-state index is 0.0244. The number of benzene rings is 2. The summed E-state index contributed by atoms with van der Waals surface area (Å²) in [4.78, 5) is 23.8. The summed E-state index contributed by atoms with van der Waals surface area (Å²) in [5, 5.41) is 8.05. The van der Waals surface area contributed by atoms with Gasteiger partial charge in [0.2, 0.25) is 5.91 Å². The first kappa shape index (κ1) is 20.7. The van der Waals surface area contributed by atoms with Gasteiger partial charge in [-0.3, -0.25) is 14.3 Å². The van der Waals surface area contributed by atoms with Crippen molar-refractivity contribution < 1.29 is 19.1 Å². The first-order valence-corrected chi connectivity index (χ1v) is 10.5. The van der Waals surface area contributed by atoms with E-state index in [1.165, 1.54) is 12.8 Å². The van der Waals surface area contributed by atoms with Gasteiger partial charge in [-0.1, -0.05) is 12.8 Å². The maximum Gasteiger partial charge on any atom is 0.252 e. The fourth-order valence-electron chi connectivity index (χ4n) is 3.82. The van der Waals surface area contributed by atoms with Gasteiger partial charge in [-0.05, 0) is 43.2 Å². The normalized spacial score (nSPS) is 14.0. The van der Waals surface area contributed by atoms with E-state index in [4.69, 9.17) is 15.2 Å². The Morgan fingerprint density at radius 3 is 2.58 bits per heavy atom. The lowest BCUT2D eigenvalue weighted by Gasteiger charge is -2.13. The van der Waals surface area contributed by atoms with Crippen LogP contribution in [0.25, 0.3) is 10.9 Å². The van der Waals surface area contributed by atoms with Crippen molar-refractivity contribution >= 4 is 22.7 Å². The number of ether oxygens (including phenoxy) is 2. The Balaban J connectivity index is 1.36. The number of hydrogen-bond acceptors (Lipinski definition) is 5. The molecule has 0 saturated heterocycles. The van der Waals surface area contributed by atoms with Gasteiger partial charge in [-0.15, -0.1) is 0 Å². The Morgan fingerprint density at radius 2 is 1.87 bits per heavy atom. The number of hydrogen-bond donors (Lipinski definition) is 2. The number of aryl methyl sites for hydroxylation is 1. The van der Waals surface area contributed by atoms with Crippen molar-refractivity contribution in [3.8, 4) is 17.2 Å². The van der Waals surface area contributed by atoms with Crippen LogP contribution in [0.1, 0.15) is 42.5 Å². The quantitative estimate of drug-likeness (QED) is 0.579. The Hall–Kier alpha value is -3.55. The highest BCUT2D eigenvalue weighted by Crippen LogP contribution is 2.30. The number of nitrogens with one attached hydrogen (secondary N) is 1. The second-order valence-electron chi connectivity index (χ2n) is 7.76. The Labute approximate surface area is 180 Å². The zero-order valence-corrected chi connectivity index (χ0v) is 17.5. The molecule has 8 nitrogen and oxygen atoms in total. The van der Waals surface area contributed by atoms with E-state index < -0.39 is 5.91 Å². The van der Waals surface area contributed by atoms with Gasteiger partial charge in [-0.2, -0.15) is 5.10 Å². The van der Waals surface area contributed by atoms with Gasteiger partial charge in [0.1, 0.15) is 17.2 Å². The summed E-state index contributed by atoms with van der Waals surface area (Å²) in [6, 6.07) is 10.7. The van der Waals surface area contributed by atoms with Crippen molar-refractivity contribution in [1.82, 2.24) is 15.1 Å². The first-order valence-electron chi connectivity index (χ1n) is 10.5. The van der Waals surface area contributed by atoms with Crippen LogP contribution in [0.4, 0.5) is 0 Å². The maximum atomic E-state index is 12.0. The molecule has 1 heterocycles. The van der Waals surface area contributed by atoms with Crippen molar-refractivity contribution in [2.45, 2.75) is 38.1 Å². The van der Waals surface area contributed by atoms with Crippen LogP contribution in [-0.2, 0) is 11.8 Å². The summed E-state index contributed by atoms with van der Waals surface area (Å²) in [5.74, 6) is 0.988. The van der Waals surface area contributed by atoms with E-state index in [1.807, 2.05) is 7.05 Å². The molecular formula is C23H26N4O4. The van der Waals surface area contributed by atoms with Crippen molar-refractivity contribution in [3.63, 3.8) is 0 Å². The largest absolute Gasteiger partial charge is 0.493 e. The molecule has 1 aliphatic carbocycles. The summed E-state index contributed by atoms with van der Waals surface area (Å²) >= 11 is 0. The minimum atomic E-state index is -0.573. The number of rotatable bonds is 8. The van der Waals surface area contributed by atoms with Crippen LogP contribution in [0, 0.1) is 0 Å². The molecule has 162 valence electrons. The van der Waals surface area contributed by atoms with Gasteiger partial charge in [0.15, 0.2) is 0 Å². The lowest BCUT2D eigenvalue weighted by molar-refractivity contribution is -0.122. The van der Waals surface area contributed by atoms with Crippen LogP contribution in [0.2, 0.25) is 0 Å². The number of aromatic nitrogens is 2. The molecule has 0 aliphatic heterocycles. The molecule has 1 fully saturated rings. The molecule has 31 heavy (non-hydrogen) atoms. The van der Waals surface area contributed by atoms with Crippen LogP contribution in [0.5, 0.6) is 17.2 Å². The molecule has 0 bridgehead atoms. The molecule has 1 aliphatic rings.